The van der Waals surface area contributed by atoms with E-state index in [4.69, 9.17) is 10.1 Å². The molecule has 0 saturated heterocycles. The van der Waals surface area contributed by atoms with Gasteiger partial charge in [-0.1, -0.05) is 22.0 Å². The summed E-state index contributed by atoms with van der Waals surface area (Å²) < 4.78 is 5.15. The number of hydrogen-bond acceptors (Lipinski definition) is 3. The second kappa shape index (κ2) is 5.45. The largest absolute Gasteiger partial charge is 0.300 e. The van der Waals surface area contributed by atoms with Crippen molar-refractivity contribution < 1.29 is 0 Å². The third kappa shape index (κ3) is 2.34. The van der Waals surface area contributed by atoms with Gasteiger partial charge in [-0.2, -0.15) is 5.10 Å². The van der Waals surface area contributed by atoms with E-state index >= 15 is 0 Å². The number of aromatic nitrogens is 5. The van der Waals surface area contributed by atoms with Crippen LogP contribution in [0, 0.1) is 6.92 Å². The Kier molecular flexibility index (Phi) is 3.41. The summed E-state index contributed by atoms with van der Waals surface area (Å²) in [6.45, 7) is 6.48. The summed E-state index contributed by atoms with van der Waals surface area (Å²) in [7, 11) is 0. The van der Waals surface area contributed by atoms with E-state index in [-0.39, 0.29) is 0 Å². The minimum Gasteiger partial charge on any atom is -0.300 e. The predicted molar refractivity (Wildman–Crippen MR) is 92.6 cm³/mol. The summed E-state index contributed by atoms with van der Waals surface area (Å²) in [5.74, 6) is 1.76. The van der Waals surface area contributed by atoms with Crippen molar-refractivity contribution >= 4 is 15.9 Å². The van der Waals surface area contributed by atoms with Gasteiger partial charge in [-0.25, -0.2) is 14.6 Å². The highest BCUT2D eigenvalue weighted by Gasteiger charge is 2.23. The van der Waals surface area contributed by atoms with Crippen LogP contribution in [0.15, 0.2) is 41.7 Å². The Bertz CT molecular complexity index is 906. The summed E-state index contributed by atoms with van der Waals surface area (Å²) in [5, 5.41) is 4.70. The topological polar surface area (TPSA) is 48.5 Å². The van der Waals surface area contributed by atoms with Crippen molar-refractivity contribution in [2.24, 2.45) is 0 Å². The quantitative estimate of drug-likeness (QED) is 0.517. The van der Waals surface area contributed by atoms with Crippen molar-refractivity contribution in [2.75, 3.05) is 0 Å². The van der Waals surface area contributed by atoms with Gasteiger partial charge < -0.3 is 4.57 Å². The molecule has 5 nitrogen and oxygen atoms in total. The zero-order valence-electron chi connectivity index (χ0n) is 12.8. The maximum absolute atomic E-state index is 4.77. The number of rotatable bonds is 3. The lowest BCUT2D eigenvalue weighted by atomic mass is 10.1. The van der Waals surface area contributed by atoms with Crippen molar-refractivity contribution in [3.63, 3.8) is 0 Å². The highest BCUT2D eigenvalue weighted by Crippen LogP contribution is 2.33. The molecule has 0 bridgehead atoms. The van der Waals surface area contributed by atoms with E-state index in [1.807, 2.05) is 30.1 Å². The van der Waals surface area contributed by atoms with E-state index in [0.29, 0.717) is 6.54 Å². The molecule has 23 heavy (non-hydrogen) atoms. The maximum Gasteiger partial charge on any atom is 0.160 e. The van der Waals surface area contributed by atoms with Crippen molar-refractivity contribution in [1.29, 1.82) is 0 Å². The Morgan fingerprint density at radius 3 is 3.09 bits per heavy atom. The molecule has 6 heteroatoms. The van der Waals surface area contributed by atoms with Gasteiger partial charge in [-0.15, -0.1) is 6.58 Å². The lowest BCUT2D eigenvalue weighted by Crippen LogP contribution is -2.06. The molecule has 0 fully saturated rings. The lowest BCUT2D eigenvalue weighted by molar-refractivity contribution is 0.660. The smallest absolute Gasteiger partial charge is 0.160 e. The molecule has 0 aliphatic carbocycles. The molecule has 1 aromatic carbocycles. The van der Waals surface area contributed by atoms with Crippen LogP contribution in [0.25, 0.3) is 17.1 Å². The molecule has 0 unspecified atom stereocenters. The molecular weight excluding hydrogens is 354 g/mol. The SMILES string of the molecule is C=CCCc1nc2n(n1)Cc1c(C)ncn1-c1ccc(Br)cc1-2. The minimum atomic E-state index is 0.675. The number of imidazole rings is 1. The van der Waals surface area contributed by atoms with Crippen LogP contribution in [0.1, 0.15) is 23.6 Å². The first kappa shape index (κ1) is 14.4. The molecule has 1 aliphatic rings. The molecular formula is C17H16BrN5. The van der Waals surface area contributed by atoms with Crippen molar-refractivity contribution in [1.82, 2.24) is 24.3 Å². The summed E-state index contributed by atoms with van der Waals surface area (Å²) in [6, 6.07) is 6.23. The molecule has 4 rings (SSSR count). The van der Waals surface area contributed by atoms with E-state index in [9.17, 15) is 0 Å². The summed E-state index contributed by atoms with van der Waals surface area (Å²) >= 11 is 3.57. The summed E-state index contributed by atoms with van der Waals surface area (Å²) in [5.41, 5.74) is 4.32. The standard InChI is InChI=1S/C17H16BrN5/c1-3-4-5-16-20-17-13-8-12(18)6-7-14(13)22-10-19-11(2)15(22)9-23(17)21-16/h3,6-8,10H,1,4-5,9H2,2H3. The molecule has 116 valence electrons. The molecule has 0 saturated carbocycles. The van der Waals surface area contributed by atoms with Crippen LogP contribution in [0.3, 0.4) is 0 Å². The Morgan fingerprint density at radius 1 is 1.39 bits per heavy atom. The minimum absolute atomic E-state index is 0.675. The van der Waals surface area contributed by atoms with Crippen LogP contribution in [0.5, 0.6) is 0 Å². The van der Waals surface area contributed by atoms with Crippen LogP contribution in [-0.2, 0) is 13.0 Å². The number of halogens is 1. The van der Waals surface area contributed by atoms with Crippen LogP contribution in [0.2, 0.25) is 0 Å². The van der Waals surface area contributed by atoms with Crippen molar-refractivity contribution in [3.05, 3.63) is 58.9 Å². The molecule has 0 atom stereocenters. The Hall–Kier alpha value is -2.21. The fourth-order valence-corrected chi connectivity index (χ4v) is 3.30. The first-order valence-corrected chi connectivity index (χ1v) is 8.34. The second-order valence-corrected chi connectivity index (χ2v) is 6.56. The summed E-state index contributed by atoms with van der Waals surface area (Å²) in [4.78, 5) is 9.24. The number of aryl methyl sites for hydroxylation is 2. The molecule has 0 radical (unpaired) electrons. The third-order valence-corrected chi connectivity index (χ3v) is 4.61. The van der Waals surface area contributed by atoms with Gasteiger partial charge in [0.05, 0.1) is 29.9 Å². The van der Waals surface area contributed by atoms with E-state index in [2.05, 4.69) is 44.2 Å². The van der Waals surface area contributed by atoms with E-state index in [1.54, 1.807) is 0 Å². The van der Waals surface area contributed by atoms with Gasteiger partial charge in [-0.05, 0) is 31.5 Å². The van der Waals surface area contributed by atoms with E-state index in [0.717, 1.165) is 51.6 Å². The number of nitrogens with zero attached hydrogens (tertiary/aromatic N) is 5. The van der Waals surface area contributed by atoms with Crippen LogP contribution < -0.4 is 0 Å². The molecule has 1 aliphatic heterocycles. The first-order chi connectivity index (χ1) is 11.2. The molecule has 0 spiro atoms. The van der Waals surface area contributed by atoms with Crippen LogP contribution >= 0.6 is 15.9 Å². The monoisotopic (exact) mass is 369 g/mol. The van der Waals surface area contributed by atoms with Gasteiger partial charge in [0, 0.05) is 16.5 Å². The van der Waals surface area contributed by atoms with E-state index < -0.39 is 0 Å². The van der Waals surface area contributed by atoms with Gasteiger partial charge in [0.2, 0.25) is 0 Å². The average molecular weight is 370 g/mol. The van der Waals surface area contributed by atoms with Gasteiger partial charge >= 0.3 is 0 Å². The predicted octanol–water partition coefficient (Wildman–Crippen LogP) is 3.68. The fourth-order valence-electron chi connectivity index (χ4n) is 2.94. The highest BCUT2D eigenvalue weighted by atomic mass is 79.9. The second-order valence-electron chi connectivity index (χ2n) is 5.64. The number of benzene rings is 1. The zero-order valence-corrected chi connectivity index (χ0v) is 14.4. The van der Waals surface area contributed by atoms with Crippen LogP contribution in [-0.4, -0.2) is 24.3 Å². The fraction of sp³-hybridized carbons (Fsp3) is 0.235. The molecule has 3 heterocycles. The normalized spacial score (nSPS) is 12.3. The van der Waals surface area contributed by atoms with Crippen molar-refractivity contribution in [3.8, 4) is 17.1 Å². The van der Waals surface area contributed by atoms with Crippen LogP contribution in [0.4, 0.5) is 0 Å². The Balaban J connectivity index is 1.95. The molecule has 0 amide bonds. The lowest BCUT2D eigenvalue weighted by Gasteiger charge is -2.08. The Labute approximate surface area is 142 Å². The summed E-state index contributed by atoms with van der Waals surface area (Å²) in [6.07, 6.45) is 5.47. The van der Waals surface area contributed by atoms with Gasteiger partial charge in [0.15, 0.2) is 11.6 Å². The highest BCUT2D eigenvalue weighted by molar-refractivity contribution is 9.10. The van der Waals surface area contributed by atoms with Gasteiger partial charge in [0.1, 0.15) is 0 Å². The third-order valence-electron chi connectivity index (χ3n) is 4.12. The van der Waals surface area contributed by atoms with Gasteiger partial charge in [0.25, 0.3) is 0 Å². The van der Waals surface area contributed by atoms with E-state index in [1.165, 1.54) is 0 Å². The maximum atomic E-state index is 4.77. The van der Waals surface area contributed by atoms with Gasteiger partial charge in [-0.3, -0.25) is 0 Å². The number of allylic oxidation sites excluding steroid dienone is 1. The number of hydrogen-bond donors (Lipinski definition) is 0. The Morgan fingerprint density at radius 2 is 2.26 bits per heavy atom. The van der Waals surface area contributed by atoms with Crippen molar-refractivity contribution in [2.45, 2.75) is 26.3 Å². The first-order valence-electron chi connectivity index (χ1n) is 7.55. The molecule has 0 N–H and O–H groups in total. The molecule has 2 aromatic heterocycles. The average Bonchev–Trinajstić information content (AvgIpc) is 3.07. The number of fused-ring (bicyclic) bond motifs is 5. The zero-order chi connectivity index (χ0) is 16.0. The molecule has 3 aromatic rings.